The Morgan fingerprint density at radius 3 is 2.83 bits per heavy atom. The lowest BCUT2D eigenvalue weighted by atomic mass is 9.96. The molecule has 6 nitrogen and oxygen atoms in total. The maximum atomic E-state index is 12.5. The molecule has 1 unspecified atom stereocenters. The first kappa shape index (κ1) is 19.4. The number of carbonyl (C=O) groups excluding carboxylic acids is 1. The quantitative estimate of drug-likeness (QED) is 0.736. The van der Waals surface area contributed by atoms with Gasteiger partial charge in [-0.25, -0.2) is 9.50 Å². The summed E-state index contributed by atoms with van der Waals surface area (Å²) in [5.74, 6) is 1.04. The van der Waals surface area contributed by atoms with E-state index in [-0.39, 0.29) is 17.9 Å². The lowest BCUT2D eigenvalue weighted by Crippen LogP contribution is -2.45. The van der Waals surface area contributed by atoms with E-state index in [1.807, 2.05) is 24.6 Å². The molecule has 0 aliphatic carbocycles. The maximum absolute atomic E-state index is 12.5. The van der Waals surface area contributed by atoms with Crippen LogP contribution in [0.4, 0.5) is 5.82 Å². The van der Waals surface area contributed by atoms with Crippen molar-refractivity contribution in [3.05, 3.63) is 47.8 Å². The van der Waals surface area contributed by atoms with E-state index in [1.165, 1.54) is 11.1 Å². The van der Waals surface area contributed by atoms with Crippen LogP contribution in [0.5, 0.6) is 0 Å². The predicted octanol–water partition coefficient (Wildman–Crippen LogP) is 3.75. The van der Waals surface area contributed by atoms with E-state index in [9.17, 15) is 4.79 Å². The van der Waals surface area contributed by atoms with Crippen molar-refractivity contribution in [1.82, 2.24) is 19.9 Å². The highest BCUT2D eigenvalue weighted by Crippen LogP contribution is 2.29. The Hall–Kier alpha value is -2.89. The molecule has 6 heteroatoms. The Morgan fingerprint density at radius 2 is 2.07 bits per heavy atom. The number of piperidine rings is 1. The van der Waals surface area contributed by atoms with Crippen LogP contribution < -0.4 is 10.2 Å². The second kappa shape index (κ2) is 7.85. The minimum Gasteiger partial charge on any atom is -0.354 e. The first-order valence-electron chi connectivity index (χ1n) is 10.4. The monoisotopic (exact) mass is 391 g/mol. The van der Waals surface area contributed by atoms with Crippen molar-refractivity contribution >= 4 is 17.2 Å². The highest BCUT2D eigenvalue weighted by atomic mass is 16.2. The number of aromatic nitrogens is 3. The van der Waals surface area contributed by atoms with Crippen molar-refractivity contribution in [3.63, 3.8) is 0 Å². The Bertz CT molecular complexity index is 1040. The molecule has 1 N–H and O–H groups in total. The molecular formula is C23H29N5O. The molecule has 1 amide bonds. The van der Waals surface area contributed by atoms with Crippen LogP contribution in [0.2, 0.25) is 0 Å². The lowest BCUT2D eigenvalue weighted by Gasteiger charge is -2.33. The minimum atomic E-state index is -0.00468. The summed E-state index contributed by atoms with van der Waals surface area (Å²) in [5, 5.41) is 7.85. The Kier molecular flexibility index (Phi) is 5.26. The highest BCUT2D eigenvalue weighted by Gasteiger charge is 2.28. The number of nitrogens with one attached hydrogen (secondary N) is 1. The molecule has 3 heterocycles. The second-order valence-electron chi connectivity index (χ2n) is 8.38. The first-order valence-corrected chi connectivity index (χ1v) is 10.4. The van der Waals surface area contributed by atoms with Crippen molar-refractivity contribution in [2.24, 2.45) is 5.92 Å². The van der Waals surface area contributed by atoms with Crippen LogP contribution in [0.15, 0.2) is 36.7 Å². The summed E-state index contributed by atoms with van der Waals surface area (Å²) >= 11 is 0. The van der Waals surface area contributed by atoms with E-state index < -0.39 is 0 Å². The van der Waals surface area contributed by atoms with E-state index in [0.29, 0.717) is 6.54 Å². The predicted molar refractivity (Wildman–Crippen MR) is 116 cm³/mol. The van der Waals surface area contributed by atoms with Crippen LogP contribution in [-0.4, -0.2) is 39.6 Å². The summed E-state index contributed by atoms with van der Waals surface area (Å²) in [6.45, 7) is 9.82. The number of nitrogens with zero attached hydrogens (tertiary/aromatic N) is 4. The van der Waals surface area contributed by atoms with Crippen molar-refractivity contribution in [2.75, 3.05) is 18.0 Å². The summed E-state index contributed by atoms with van der Waals surface area (Å²) in [6.07, 6.45) is 5.58. The van der Waals surface area contributed by atoms with Crippen molar-refractivity contribution in [1.29, 1.82) is 0 Å². The smallest absolute Gasteiger partial charge is 0.225 e. The molecule has 1 saturated heterocycles. The SMILES string of the molecule is Cc1ccc(-c2cc3c(N4CCCC(C(=O)NC(C)C)C4)nccn3n2)c(C)c1. The molecule has 1 aromatic carbocycles. The largest absolute Gasteiger partial charge is 0.354 e. The third-order valence-electron chi connectivity index (χ3n) is 5.55. The van der Waals surface area contributed by atoms with Gasteiger partial charge in [0.25, 0.3) is 0 Å². The molecule has 1 atom stereocenters. The van der Waals surface area contributed by atoms with Gasteiger partial charge in [-0.15, -0.1) is 0 Å². The number of amides is 1. The molecule has 1 fully saturated rings. The number of fused-ring (bicyclic) bond motifs is 1. The van der Waals surface area contributed by atoms with Crippen LogP contribution in [0.3, 0.4) is 0 Å². The van der Waals surface area contributed by atoms with Gasteiger partial charge in [-0.3, -0.25) is 4.79 Å². The molecule has 0 bridgehead atoms. The first-order chi connectivity index (χ1) is 13.9. The summed E-state index contributed by atoms with van der Waals surface area (Å²) in [5.41, 5.74) is 5.52. The summed E-state index contributed by atoms with van der Waals surface area (Å²) in [6, 6.07) is 8.70. The van der Waals surface area contributed by atoms with E-state index in [4.69, 9.17) is 5.10 Å². The average molecular weight is 392 g/mol. The van der Waals surface area contributed by atoms with Gasteiger partial charge in [0.05, 0.1) is 11.6 Å². The number of aryl methyl sites for hydroxylation is 2. The third kappa shape index (κ3) is 3.97. The normalized spacial score (nSPS) is 17.1. The summed E-state index contributed by atoms with van der Waals surface area (Å²) in [4.78, 5) is 19.4. The molecule has 3 aromatic rings. The summed E-state index contributed by atoms with van der Waals surface area (Å²) < 4.78 is 1.90. The van der Waals surface area contributed by atoms with Crippen LogP contribution >= 0.6 is 0 Å². The van der Waals surface area contributed by atoms with Crippen molar-refractivity contribution in [2.45, 2.75) is 46.6 Å². The zero-order chi connectivity index (χ0) is 20.5. The lowest BCUT2D eigenvalue weighted by molar-refractivity contribution is -0.125. The number of anilines is 1. The summed E-state index contributed by atoms with van der Waals surface area (Å²) in [7, 11) is 0. The fourth-order valence-electron chi connectivity index (χ4n) is 4.17. The van der Waals surface area contributed by atoms with Crippen molar-refractivity contribution in [3.8, 4) is 11.3 Å². The molecule has 1 aliphatic heterocycles. The van der Waals surface area contributed by atoms with Crippen LogP contribution in [-0.2, 0) is 4.79 Å². The van der Waals surface area contributed by atoms with Crippen LogP contribution in [0, 0.1) is 19.8 Å². The number of hydrogen-bond donors (Lipinski definition) is 1. The highest BCUT2D eigenvalue weighted by molar-refractivity contribution is 5.81. The van der Waals surface area contributed by atoms with E-state index in [1.54, 1.807) is 6.20 Å². The van der Waals surface area contributed by atoms with Gasteiger partial charge < -0.3 is 10.2 Å². The van der Waals surface area contributed by atoms with Gasteiger partial charge in [-0.05, 0) is 52.2 Å². The molecule has 0 saturated carbocycles. The number of carbonyl (C=O) groups is 1. The van der Waals surface area contributed by atoms with Gasteiger partial charge in [0.15, 0.2) is 5.82 Å². The van der Waals surface area contributed by atoms with E-state index in [2.05, 4.69) is 53.3 Å². The minimum absolute atomic E-state index is 0.00468. The van der Waals surface area contributed by atoms with Gasteiger partial charge in [0.1, 0.15) is 5.52 Å². The third-order valence-corrected chi connectivity index (χ3v) is 5.55. The molecule has 0 spiro atoms. The van der Waals surface area contributed by atoms with Crippen LogP contribution in [0.25, 0.3) is 16.8 Å². The molecule has 29 heavy (non-hydrogen) atoms. The van der Waals surface area contributed by atoms with Gasteiger partial charge in [-0.2, -0.15) is 5.10 Å². The van der Waals surface area contributed by atoms with Gasteiger partial charge in [-0.1, -0.05) is 23.8 Å². The topological polar surface area (TPSA) is 62.5 Å². The average Bonchev–Trinajstić information content (AvgIpc) is 3.11. The van der Waals surface area contributed by atoms with Crippen LogP contribution in [0.1, 0.15) is 37.8 Å². The molecule has 4 rings (SSSR count). The van der Waals surface area contributed by atoms with Gasteiger partial charge >= 0.3 is 0 Å². The Balaban J connectivity index is 1.66. The van der Waals surface area contributed by atoms with Gasteiger partial charge in [0, 0.05) is 37.1 Å². The molecule has 1 aliphatic rings. The fraction of sp³-hybridized carbons (Fsp3) is 0.435. The maximum Gasteiger partial charge on any atom is 0.225 e. The molecular weight excluding hydrogens is 362 g/mol. The molecule has 2 aromatic heterocycles. The Labute approximate surface area is 171 Å². The van der Waals surface area contributed by atoms with Gasteiger partial charge in [0.2, 0.25) is 5.91 Å². The number of rotatable bonds is 4. The van der Waals surface area contributed by atoms with Crippen molar-refractivity contribution < 1.29 is 4.79 Å². The Morgan fingerprint density at radius 1 is 1.24 bits per heavy atom. The molecule has 152 valence electrons. The zero-order valence-electron chi connectivity index (χ0n) is 17.6. The fourth-order valence-corrected chi connectivity index (χ4v) is 4.17. The number of benzene rings is 1. The standard InChI is InChI=1S/C23H29N5O/c1-15(2)25-23(29)18-6-5-10-27(14-18)22-21-13-20(26-28(21)11-9-24-22)19-8-7-16(3)12-17(19)4/h7-9,11-13,15,18H,5-6,10,14H2,1-4H3,(H,25,29). The van der Waals surface area contributed by atoms with E-state index >= 15 is 0 Å². The number of hydrogen-bond acceptors (Lipinski definition) is 4. The zero-order valence-corrected chi connectivity index (χ0v) is 17.6. The van der Waals surface area contributed by atoms with E-state index in [0.717, 1.165) is 42.0 Å². The molecule has 0 radical (unpaired) electrons. The second-order valence-corrected chi connectivity index (χ2v) is 8.38.